The summed E-state index contributed by atoms with van der Waals surface area (Å²) in [6.07, 6.45) is 2.28. The fourth-order valence-electron chi connectivity index (χ4n) is 5.32. The maximum atomic E-state index is 13.8. The van der Waals surface area contributed by atoms with Crippen molar-refractivity contribution >= 4 is 15.7 Å². The Morgan fingerprint density at radius 2 is 1.95 bits per heavy atom. The van der Waals surface area contributed by atoms with Crippen LogP contribution in [-0.2, 0) is 9.84 Å². The summed E-state index contributed by atoms with van der Waals surface area (Å²) in [6, 6.07) is 9.73. The highest BCUT2D eigenvalue weighted by Crippen LogP contribution is 2.47. The van der Waals surface area contributed by atoms with Crippen molar-refractivity contribution in [2.45, 2.75) is 52.1 Å². The van der Waals surface area contributed by atoms with Crippen LogP contribution in [0.15, 0.2) is 36.4 Å². The number of aromatic nitrogens is 2. The van der Waals surface area contributed by atoms with Gasteiger partial charge in [0.15, 0.2) is 21.3 Å². The van der Waals surface area contributed by atoms with Crippen molar-refractivity contribution in [1.29, 1.82) is 0 Å². The minimum atomic E-state index is -3.25. The van der Waals surface area contributed by atoms with Crippen molar-refractivity contribution in [3.05, 3.63) is 58.8 Å². The van der Waals surface area contributed by atoms with E-state index in [1.807, 2.05) is 38.1 Å². The predicted octanol–water partition coefficient (Wildman–Crippen LogP) is 4.40. The van der Waals surface area contributed by atoms with Crippen molar-refractivity contribution in [2.75, 3.05) is 24.7 Å². The Labute approximate surface area is 222 Å². The van der Waals surface area contributed by atoms with Gasteiger partial charge in [0.25, 0.3) is 5.91 Å². The Morgan fingerprint density at radius 3 is 2.66 bits per heavy atom. The number of aryl methyl sites for hydroxylation is 1. The van der Waals surface area contributed by atoms with E-state index in [4.69, 9.17) is 9.47 Å². The zero-order chi connectivity index (χ0) is 27.0. The third-order valence-corrected chi connectivity index (χ3v) is 8.90. The van der Waals surface area contributed by atoms with Gasteiger partial charge in [-0.2, -0.15) is 5.10 Å². The largest absolute Gasteiger partial charge is 0.507 e. The zero-order valence-electron chi connectivity index (χ0n) is 21.9. The average Bonchev–Trinajstić information content (AvgIpc) is 3.55. The Morgan fingerprint density at radius 1 is 1.13 bits per heavy atom. The molecule has 0 radical (unpaired) electrons. The quantitative estimate of drug-likeness (QED) is 0.387. The summed E-state index contributed by atoms with van der Waals surface area (Å²) >= 11 is 0. The van der Waals surface area contributed by atoms with Crippen LogP contribution in [0.3, 0.4) is 0 Å². The summed E-state index contributed by atoms with van der Waals surface area (Å²) in [6.45, 7) is 6.90. The van der Waals surface area contributed by atoms with Gasteiger partial charge < -0.3 is 19.5 Å². The summed E-state index contributed by atoms with van der Waals surface area (Å²) in [5, 5.41) is 18.0. The lowest BCUT2D eigenvalue weighted by atomic mass is 9.94. The van der Waals surface area contributed by atoms with Crippen LogP contribution in [-0.4, -0.2) is 65.3 Å². The highest BCUT2D eigenvalue weighted by atomic mass is 32.2. The molecule has 9 nitrogen and oxygen atoms in total. The van der Waals surface area contributed by atoms with Crippen LogP contribution in [0.1, 0.15) is 66.3 Å². The lowest BCUT2D eigenvalue weighted by molar-refractivity contribution is 0.0677. The molecule has 2 unspecified atom stereocenters. The van der Waals surface area contributed by atoms with Crippen molar-refractivity contribution in [1.82, 2.24) is 15.1 Å². The molecule has 2 N–H and O–H groups in total. The van der Waals surface area contributed by atoms with Crippen molar-refractivity contribution in [2.24, 2.45) is 0 Å². The van der Waals surface area contributed by atoms with Gasteiger partial charge in [0.1, 0.15) is 17.1 Å². The number of fused-ring (bicyclic) bond motifs is 1. The van der Waals surface area contributed by atoms with Crippen LogP contribution in [0.2, 0.25) is 0 Å². The normalized spacial score (nSPS) is 20.1. The topological polar surface area (TPSA) is 122 Å². The monoisotopic (exact) mass is 539 g/mol. The number of phenolic OH excluding ortho intramolecular Hbond substituents is 1. The van der Waals surface area contributed by atoms with Crippen LogP contribution in [0.25, 0.3) is 11.3 Å². The summed E-state index contributed by atoms with van der Waals surface area (Å²) in [4.78, 5) is 15.4. The molecule has 10 heteroatoms. The van der Waals surface area contributed by atoms with Gasteiger partial charge in [-0.05, 0) is 56.5 Å². The number of amides is 1. The van der Waals surface area contributed by atoms with Crippen LogP contribution < -0.4 is 9.47 Å². The summed E-state index contributed by atoms with van der Waals surface area (Å²) < 4.78 is 36.7. The molecule has 3 heterocycles. The minimum Gasteiger partial charge on any atom is -0.507 e. The van der Waals surface area contributed by atoms with E-state index >= 15 is 0 Å². The second-order valence-corrected chi connectivity index (χ2v) is 12.1. The average molecular weight is 540 g/mol. The van der Waals surface area contributed by atoms with Gasteiger partial charge >= 0.3 is 0 Å². The number of nitrogens with one attached hydrogen (secondary N) is 1. The molecule has 5 rings (SSSR count). The number of rotatable bonds is 9. The van der Waals surface area contributed by atoms with E-state index in [0.29, 0.717) is 53.6 Å². The van der Waals surface area contributed by atoms with Crippen LogP contribution in [0.5, 0.6) is 17.2 Å². The number of carbonyl (C=O) groups is 1. The number of aromatic amines is 1. The highest BCUT2D eigenvalue weighted by molar-refractivity contribution is 7.91. The molecule has 38 heavy (non-hydrogen) atoms. The molecular weight excluding hydrogens is 506 g/mol. The van der Waals surface area contributed by atoms with Gasteiger partial charge in [0.2, 0.25) is 0 Å². The highest BCUT2D eigenvalue weighted by Gasteiger charge is 2.48. The molecule has 3 aromatic rings. The molecule has 1 saturated heterocycles. The first-order valence-corrected chi connectivity index (χ1v) is 14.9. The number of aromatic hydroxyl groups is 1. The maximum absolute atomic E-state index is 13.8. The Bertz CT molecular complexity index is 1470. The van der Waals surface area contributed by atoms with E-state index in [1.54, 1.807) is 17.0 Å². The summed E-state index contributed by atoms with van der Waals surface area (Å²) in [5.41, 5.74) is 3.57. The number of sulfone groups is 1. The van der Waals surface area contributed by atoms with Crippen LogP contribution in [0, 0.1) is 6.92 Å². The van der Waals surface area contributed by atoms with Gasteiger partial charge in [0, 0.05) is 17.2 Å². The standard InChI is InChI=1S/C28H33N3O6S/c1-4-6-12-37-22-10-8-18(15-23(22)36-5-2)27-24-25(20-14-17(3)7-9-21(20)32)29-30-26(24)28(33)31(27)19-11-13-38(34,35)16-19/h7-10,14-15,19,27,32H,4-6,11-13,16H2,1-3H3,(H,29,30). The van der Waals surface area contributed by atoms with Gasteiger partial charge in [-0.1, -0.05) is 31.0 Å². The molecular formula is C28H33N3O6S. The molecule has 0 aliphatic carbocycles. The van der Waals surface area contributed by atoms with E-state index in [2.05, 4.69) is 17.1 Å². The molecule has 2 atom stereocenters. The molecule has 0 saturated carbocycles. The molecule has 1 fully saturated rings. The Kier molecular flexibility index (Phi) is 7.09. The number of hydrogen-bond acceptors (Lipinski definition) is 7. The van der Waals surface area contributed by atoms with Gasteiger partial charge in [-0.15, -0.1) is 0 Å². The van der Waals surface area contributed by atoms with Crippen molar-refractivity contribution in [3.63, 3.8) is 0 Å². The van der Waals surface area contributed by atoms with Gasteiger partial charge in [0.05, 0.1) is 30.8 Å². The molecule has 2 aromatic carbocycles. The molecule has 1 amide bonds. The third kappa shape index (κ3) is 4.73. The summed E-state index contributed by atoms with van der Waals surface area (Å²) in [7, 11) is -3.25. The number of carbonyl (C=O) groups excluding carboxylic acids is 1. The number of phenols is 1. The second-order valence-electron chi connectivity index (χ2n) is 9.89. The van der Waals surface area contributed by atoms with Gasteiger partial charge in [-0.25, -0.2) is 8.42 Å². The first-order chi connectivity index (χ1) is 18.2. The summed E-state index contributed by atoms with van der Waals surface area (Å²) in [5.74, 6) is 0.873. The van der Waals surface area contributed by atoms with E-state index < -0.39 is 21.9 Å². The lowest BCUT2D eigenvalue weighted by Crippen LogP contribution is -2.40. The number of benzene rings is 2. The van der Waals surface area contributed by atoms with Crippen LogP contribution >= 0.6 is 0 Å². The lowest BCUT2D eigenvalue weighted by Gasteiger charge is -2.31. The van der Waals surface area contributed by atoms with Gasteiger partial charge in [-0.3, -0.25) is 9.89 Å². The predicted molar refractivity (Wildman–Crippen MR) is 144 cm³/mol. The van der Waals surface area contributed by atoms with Crippen molar-refractivity contribution < 1.29 is 27.8 Å². The minimum absolute atomic E-state index is 0.0419. The number of nitrogens with zero attached hydrogens (tertiary/aromatic N) is 2. The molecule has 0 bridgehead atoms. The first kappa shape index (κ1) is 26.1. The zero-order valence-corrected chi connectivity index (χ0v) is 22.7. The fourth-order valence-corrected chi connectivity index (χ4v) is 7.03. The van der Waals surface area contributed by atoms with Crippen LogP contribution in [0.4, 0.5) is 0 Å². The number of unbranched alkanes of at least 4 members (excludes halogenated alkanes) is 1. The number of hydrogen-bond donors (Lipinski definition) is 2. The van der Waals surface area contributed by atoms with E-state index in [1.165, 1.54) is 0 Å². The fraction of sp³-hybridized carbons (Fsp3) is 0.429. The Balaban J connectivity index is 1.65. The molecule has 2 aliphatic rings. The molecule has 0 spiro atoms. The smallest absolute Gasteiger partial charge is 0.273 e. The van der Waals surface area contributed by atoms with Crippen molar-refractivity contribution in [3.8, 4) is 28.5 Å². The number of H-pyrrole nitrogens is 1. The second kappa shape index (κ2) is 10.3. The number of ether oxygens (including phenoxy) is 2. The SMILES string of the molecule is CCCCOc1ccc(C2c3c(-c4cc(C)ccc4O)n[nH]c3C(=O)N2C2CCS(=O)(=O)C2)cc1OCC. The molecule has 2 aliphatic heterocycles. The molecule has 1 aromatic heterocycles. The van der Waals surface area contributed by atoms with E-state index in [0.717, 1.165) is 24.0 Å². The van der Waals surface area contributed by atoms with E-state index in [-0.39, 0.29) is 23.2 Å². The van der Waals surface area contributed by atoms with E-state index in [9.17, 15) is 18.3 Å². The third-order valence-electron chi connectivity index (χ3n) is 7.15. The first-order valence-electron chi connectivity index (χ1n) is 13.0. The molecule has 202 valence electrons. The maximum Gasteiger partial charge on any atom is 0.273 e. The Hall–Kier alpha value is -3.53.